The van der Waals surface area contributed by atoms with Crippen molar-refractivity contribution in [3.05, 3.63) is 53.9 Å². The van der Waals surface area contributed by atoms with Crippen molar-refractivity contribution >= 4 is 0 Å². The van der Waals surface area contributed by atoms with Gasteiger partial charge in [-0.25, -0.2) is 0 Å². The Balaban J connectivity index is 2.34. The van der Waals surface area contributed by atoms with E-state index in [2.05, 4.69) is 50.0 Å². The van der Waals surface area contributed by atoms with Crippen LogP contribution in [0.15, 0.2) is 42.6 Å². The number of aliphatic hydroxyl groups is 1. The van der Waals surface area contributed by atoms with Crippen LogP contribution in [0.5, 0.6) is 0 Å². The Hall–Kier alpha value is -1.67. The van der Waals surface area contributed by atoms with Gasteiger partial charge in [-0.05, 0) is 34.2 Å². The van der Waals surface area contributed by atoms with E-state index in [1.54, 1.807) is 6.20 Å². The molecule has 0 spiro atoms. The minimum atomic E-state index is -0.0199. The molecule has 94 valence electrons. The van der Waals surface area contributed by atoms with E-state index in [0.717, 1.165) is 11.1 Å². The number of aromatic nitrogens is 1. The van der Waals surface area contributed by atoms with Crippen molar-refractivity contribution in [1.82, 2.24) is 4.98 Å². The van der Waals surface area contributed by atoms with Gasteiger partial charge in [-0.3, -0.25) is 4.98 Å². The van der Waals surface area contributed by atoms with Crippen LogP contribution >= 0.6 is 0 Å². The van der Waals surface area contributed by atoms with Crippen molar-refractivity contribution in [2.75, 3.05) is 0 Å². The molecule has 18 heavy (non-hydrogen) atoms. The third-order valence-electron chi connectivity index (χ3n) is 3.06. The topological polar surface area (TPSA) is 33.1 Å². The molecular weight excluding hydrogens is 222 g/mol. The van der Waals surface area contributed by atoms with Gasteiger partial charge in [0.2, 0.25) is 0 Å². The SMILES string of the molecule is CC(C)(C)c1ccc(-c2ccnc(CO)c2)cc1. The summed E-state index contributed by atoms with van der Waals surface area (Å²) in [5.74, 6) is 0. The summed E-state index contributed by atoms with van der Waals surface area (Å²) >= 11 is 0. The molecule has 0 radical (unpaired) electrons. The van der Waals surface area contributed by atoms with Crippen LogP contribution in [0.3, 0.4) is 0 Å². The van der Waals surface area contributed by atoms with E-state index in [1.807, 2.05) is 12.1 Å². The lowest BCUT2D eigenvalue weighted by Crippen LogP contribution is -2.10. The average Bonchev–Trinajstić information content (AvgIpc) is 2.38. The van der Waals surface area contributed by atoms with E-state index in [-0.39, 0.29) is 12.0 Å². The summed E-state index contributed by atoms with van der Waals surface area (Å²) < 4.78 is 0. The first-order valence-electron chi connectivity index (χ1n) is 6.17. The highest BCUT2D eigenvalue weighted by Crippen LogP contribution is 2.26. The predicted octanol–water partition coefficient (Wildman–Crippen LogP) is 3.54. The zero-order valence-corrected chi connectivity index (χ0v) is 11.1. The molecule has 2 rings (SSSR count). The first-order valence-corrected chi connectivity index (χ1v) is 6.17. The van der Waals surface area contributed by atoms with Crippen molar-refractivity contribution in [3.8, 4) is 11.1 Å². The molecular formula is C16H19NO. The molecule has 2 heteroatoms. The van der Waals surface area contributed by atoms with Gasteiger partial charge in [0.25, 0.3) is 0 Å². The molecule has 1 N–H and O–H groups in total. The maximum atomic E-state index is 9.10. The quantitative estimate of drug-likeness (QED) is 0.872. The number of pyridine rings is 1. The molecule has 0 aliphatic heterocycles. The first kappa shape index (κ1) is 12.8. The second-order valence-corrected chi connectivity index (χ2v) is 5.52. The molecule has 0 saturated carbocycles. The molecule has 0 saturated heterocycles. The lowest BCUT2D eigenvalue weighted by atomic mass is 9.86. The van der Waals surface area contributed by atoms with Crippen molar-refractivity contribution < 1.29 is 5.11 Å². The summed E-state index contributed by atoms with van der Waals surface area (Å²) in [5, 5.41) is 9.10. The van der Waals surface area contributed by atoms with Crippen LogP contribution in [0.4, 0.5) is 0 Å². The number of benzene rings is 1. The van der Waals surface area contributed by atoms with Crippen molar-refractivity contribution in [2.24, 2.45) is 0 Å². The van der Waals surface area contributed by atoms with Crippen LogP contribution in [0.2, 0.25) is 0 Å². The molecule has 0 atom stereocenters. The number of aliphatic hydroxyl groups excluding tert-OH is 1. The number of hydrogen-bond donors (Lipinski definition) is 1. The van der Waals surface area contributed by atoms with Gasteiger partial charge in [0.15, 0.2) is 0 Å². The van der Waals surface area contributed by atoms with Crippen molar-refractivity contribution in [3.63, 3.8) is 0 Å². The van der Waals surface area contributed by atoms with Gasteiger partial charge in [-0.1, -0.05) is 45.0 Å². The van der Waals surface area contributed by atoms with Gasteiger partial charge < -0.3 is 5.11 Å². The third-order valence-corrected chi connectivity index (χ3v) is 3.06. The summed E-state index contributed by atoms with van der Waals surface area (Å²) in [6.07, 6.45) is 1.73. The fourth-order valence-electron chi connectivity index (χ4n) is 1.91. The zero-order valence-electron chi connectivity index (χ0n) is 11.1. The number of nitrogens with zero attached hydrogens (tertiary/aromatic N) is 1. The Bertz CT molecular complexity index is 524. The van der Waals surface area contributed by atoms with Crippen LogP contribution in [0.25, 0.3) is 11.1 Å². The molecule has 0 fully saturated rings. The van der Waals surface area contributed by atoms with Gasteiger partial charge in [-0.2, -0.15) is 0 Å². The maximum absolute atomic E-state index is 9.10. The molecule has 0 aliphatic carbocycles. The monoisotopic (exact) mass is 241 g/mol. The van der Waals surface area contributed by atoms with Gasteiger partial charge in [0, 0.05) is 6.20 Å². The minimum absolute atomic E-state index is 0.0199. The Morgan fingerprint density at radius 3 is 2.22 bits per heavy atom. The molecule has 2 nitrogen and oxygen atoms in total. The summed E-state index contributed by atoms with van der Waals surface area (Å²) in [4.78, 5) is 4.09. The largest absolute Gasteiger partial charge is 0.390 e. The fraction of sp³-hybridized carbons (Fsp3) is 0.312. The van der Waals surface area contributed by atoms with Crippen molar-refractivity contribution in [1.29, 1.82) is 0 Å². The van der Waals surface area contributed by atoms with Crippen LogP contribution in [-0.4, -0.2) is 10.1 Å². The molecule has 2 aromatic rings. The highest BCUT2D eigenvalue weighted by molar-refractivity contribution is 5.63. The zero-order chi connectivity index (χ0) is 13.2. The predicted molar refractivity (Wildman–Crippen MR) is 74.3 cm³/mol. The van der Waals surface area contributed by atoms with E-state index in [1.165, 1.54) is 5.56 Å². The van der Waals surface area contributed by atoms with Crippen LogP contribution in [0.1, 0.15) is 32.0 Å². The fourth-order valence-corrected chi connectivity index (χ4v) is 1.91. The van der Waals surface area contributed by atoms with Crippen LogP contribution in [-0.2, 0) is 12.0 Å². The Morgan fingerprint density at radius 2 is 1.67 bits per heavy atom. The van der Waals surface area contributed by atoms with E-state index < -0.39 is 0 Å². The summed E-state index contributed by atoms with van der Waals surface area (Å²) in [6.45, 7) is 6.60. The van der Waals surface area contributed by atoms with Gasteiger partial charge >= 0.3 is 0 Å². The van der Waals surface area contributed by atoms with E-state index in [0.29, 0.717) is 5.69 Å². The summed E-state index contributed by atoms with van der Waals surface area (Å²) in [7, 11) is 0. The molecule has 0 bridgehead atoms. The lowest BCUT2D eigenvalue weighted by molar-refractivity contribution is 0.277. The third kappa shape index (κ3) is 2.77. The van der Waals surface area contributed by atoms with Crippen molar-refractivity contribution in [2.45, 2.75) is 32.8 Å². The maximum Gasteiger partial charge on any atom is 0.0853 e. The second-order valence-electron chi connectivity index (χ2n) is 5.52. The smallest absolute Gasteiger partial charge is 0.0853 e. The Labute approximate surface area is 108 Å². The molecule has 1 aromatic heterocycles. The highest BCUT2D eigenvalue weighted by Gasteiger charge is 2.13. The van der Waals surface area contributed by atoms with Crippen LogP contribution in [0, 0.1) is 0 Å². The summed E-state index contributed by atoms with van der Waals surface area (Å²) in [6, 6.07) is 12.5. The number of hydrogen-bond acceptors (Lipinski definition) is 2. The molecule has 0 amide bonds. The van der Waals surface area contributed by atoms with Gasteiger partial charge in [-0.15, -0.1) is 0 Å². The molecule has 1 heterocycles. The summed E-state index contributed by atoms with van der Waals surface area (Å²) in [5.41, 5.74) is 4.44. The van der Waals surface area contributed by atoms with E-state index in [4.69, 9.17) is 5.11 Å². The second kappa shape index (κ2) is 4.91. The van der Waals surface area contributed by atoms with E-state index >= 15 is 0 Å². The molecule has 0 aliphatic rings. The number of rotatable bonds is 2. The Kier molecular flexibility index (Phi) is 3.48. The average molecular weight is 241 g/mol. The van der Waals surface area contributed by atoms with E-state index in [9.17, 15) is 0 Å². The van der Waals surface area contributed by atoms with Gasteiger partial charge in [0.1, 0.15) is 0 Å². The molecule has 0 unspecified atom stereocenters. The lowest BCUT2D eigenvalue weighted by Gasteiger charge is -2.19. The van der Waals surface area contributed by atoms with Crippen LogP contribution < -0.4 is 0 Å². The minimum Gasteiger partial charge on any atom is -0.390 e. The Morgan fingerprint density at radius 1 is 1.00 bits per heavy atom. The first-order chi connectivity index (χ1) is 8.50. The standard InChI is InChI=1S/C16H19NO/c1-16(2,3)14-6-4-12(5-7-14)13-8-9-17-15(10-13)11-18/h4-10,18H,11H2,1-3H3. The molecule has 1 aromatic carbocycles. The normalized spacial score (nSPS) is 11.6. The van der Waals surface area contributed by atoms with Gasteiger partial charge in [0.05, 0.1) is 12.3 Å². The highest BCUT2D eigenvalue weighted by atomic mass is 16.3.